The Morgan fingerprint density at radius 1 is 0.455 bits per heavy atom. The Morgan fingerprint density at radius 3 is 0.879 bits per heavy atom. The zero-order valence-corrected chi connectivity index (χ0v) is 23.9. The van der Waals surface area contributed by atoms with Gasteiger partial charge in [0.05, 0.1) is 0 Å². The molecule has 2 unspecified atom stereocenters. The zero-order chi connectivity index (χ0) is 24.1. The van der Waals surface area contributed by atoms with Crippen LogP contribution in [0.15, 0.2) is 0 Å². The van der Waals surface area contributed by atoms with Gasteiger partial charge in [0.15, 0.2) is 0 Å². The summed E-state index contributed by atoms with van der Waals surface area (Å²) in [6.07, 6.45) is 25.0. The Hall–Kier alpha value is 0.559. The van der Waals surface area contributed by atoms with Crippen LogP contribution in [0.5, 0.6) is 0 Å². The third-order valence-corrected chi connectivity index (χ3v) is 6.18. The van der Waals surface area contributed by atoms with Crippen molar-refractivity contribution in [2.75, 3.05) is 13.2 Å². The fraction of sp³-hybridized carbons (Fsp3) is 1.00. The molecular formula is C24H50CuO6P2+2. The van der Waals surface area contributed by atoms with E-state index in [1.54, 1.807) is 0 Å². The van der Waals surface area contributed by atoms with Crippen molar-refractivity contribution in [3.8, 4) is 0 Å². The second-order valence-corrected chi connectivity index (χ2v) is 9.89. The van der Waals surface area contributed by atoms with Crippen molar-refractivity contribution >= 4 is 16.5 Å². The molecule has 0 saturated heterocycles. The van der Waals surface area contributed by atoms with E-state index in [0.29, 0.717) is 13.2 Å². The van der Waals surface area contributed by atoms with Gasteiger partial charge in [0, 0.05) is 0 Å². The number of hydrogen-bond donors (Lipinski definition) is 0. The normalized spacial score (nSPS) is 11.4. The molecule has 6 nitrogen and oxygen atoms in total. The SMILES string of the molecule is CCCCCCCCCCCCO[P+](=O)[O-].CCCCCCCCCCCCO[P+](=O)[O-].[Cu+2]. The Kier molecular flexibility index (Phi) is 40.1. The predicted molar refractivity (Wildman–Crippen MR) is 131 cm³/mol. The van der Waals surface area contributed by atoms with Gasteiger partial charge in [-0.1, -0.05) is 129 Å². The molecule has 0 bridgehead atoms. The zero-order valence-electron chi connectivity index (χ0n) is 21.2. The number of unbranched alkanes of at least 4 members (excludes halogenated alkanes) is 18. The topological polar surface area (TPSA) is 98.7 Å². The fourth-order valence-electron chi connectivity index (χ4n) is 3.46. The molecule has 9 heteroatoms. The van der Waals surface area contributed by atoms with Gasteiger partial charge in [-0.05, 0) is 22.0 Å². The van der Waals surface area contributed by atoms with Crippen LogP contribution < -0.4 is 9.79 Å². The molecule has 0 aliphatic carbocycles. The standard InChI is InChI=1S/2C12H25O3P.Cu/c2*1-2-3-4-5-6-7-8-9-10-11-12-15-16(13)14;/h2*2-12H2,1H3;/q;;+2. The molecule has 1 radical (unpaired) electrons. The first-order chi connectivity index (χ1) is 15.5. The molecular weight excluding hydrogens is 510 g/mol. The molecule has 0 fully saturated rings. The van der Waals surface area contributed by atoms with Crippen molar-refractivity contribution < 1.29 is 45.0 Å². The Morgan fingerprint density at radius 2 is 0.667 bits per heavy atom. The third-order valence-electron chi connectivity index (χ3n) is 5.39. The summed E-state index contributed by atoms with van der Waals surface area (Å²) in [5.41, 5.74) is 0. The molecule has 0 N–H and O–H groups in total. The van der Waals surface area contributed by atoms with E-state index in [2.05, 4.69) is 22.9 Å². The van der Waals surface area contributed by atoms with Gasteiger partial charge in [-0.3, -0.25) is 0 Å². The van der Waals surface area contributed by atoms with E-state index in [1.807, 2.05) is 0 Å². The van der Waals surface area contributed by atoms with Crippen LogP contribution in [0.2, 0.25) is 0 Å². The number of hydrogen-bond acceptors (Lipinski definition) is 6. The summed E-state index contributed by atoms with van der Waals surface area (Å²) in [5, 5.41) is 0. The van der Waals surface area contributed by atoms with Gasteiger partial charge in [0.25, 0.3) is 0 Å². The van der Waals surface area contributed by atoms with Crippen LogP contribution >= 0.6 is 16.5 Å². The summed E-state index contributed by atoms with van der Waals surface area (Å²) in [6, 6.07) is 0. The van der Waals surface area contributed by atoms with Crippen molar-refractivity contribution in [2.45, 2.75) is 142 Å². The van der Waals surface area contributed by atoms with Gasteiger partial charge >= 0.3 is 33.6 Å². The third kappa shape index (κ3) is 43.1. The van der Waals surface area contributed by atoms with Crippen LogP contribution in [-0.4, -0.2) is 13.2 Å². The van der Waals surface area contributed by atoms with E-state index >= 15 is 0 Å². The first kappa shape index (κ1) is 38.1. The largest absolute Gasteiger partial charge is 2.00 e. The second kappa shape index (κ2) is 34.7. The molecule has 0 saturated carbocycles. The van der Waals surface area contributed by atoms with Gasteiger partial charge in [0.1, 0.15) is 13.2 Å². The summed E-state index contributed by atoms with van der Waals surface area (Å²) in [4.78, 5) is 20.1. The Balaban J connectivity index is -0.000000529. The summed E-state index contributed by atoms with van der Waals surface area (Å²) < 4.78 is 29.1. The number of rotatable bonds is 24. The van der Waals surface area contributed by atoms with E-state index in [9.17, 15) is 18.9 Å². The van der Waals surface area contributed by atoms with Crippen LogP contribution in [0.4, 0.5) is 0 Å². The fourth-order valence-corrected chi connectivity index (χ4v) is 4.01. The Labute approximate surface area is 216 Å². The van der Waals surface area contributed by atoms with Crippen molar-refractivity contribution in [3.63, 3.8) is 0 Å². The quantitative estimate of drug-likeness (QED) is 0.0677. The minimum absolute atomic E-state index is 0. The van der Waals surface area contributed by atoms with Crippen LogP contribution in [-0.2, 0) is 35.2 Å². The molecule has 0 aliphatic rings. The maximum absolute atomic E-state index is 10.1. The van der Waals surface area contributed by atoms with Gasteiger partial charge in [-0.15, -0.1) is 9.05 Å². The van der Waals surface area contributed by atoms with E-state index in [-0.39, 0.29) is 17.1 Å². The van der Waals surface area contributed by atoms with Crippen LogP contribution in [0.1, 0.15) is 142 Å². The first-order valence-corrected chi connectivity index (χ1v) is 15.3. The molecule has 0 aromatic heterocycles. The maximum atomic E-state index is 10.1. The summed E-state index contributed by atoms with van der Waals surface area (Å²) in [7, 11) is -5.27. The van der Waals surface area contributed by atoms with Crippen molar-refractivity contribution in [1.82, 2.24) is 0 Å². The first-order valence-electron chi connectivity index (χ1n) is 13.1. The molecule has 0 aromatic carbocycles. The molecule has 0 heterocycles. The minimum atomic E-state index is -2.64. The van der Waals surface area contributed by atoms with E-state index in [0.717, 1.165) is 25.7 Å². The smallest absolute Gasteiger partial charge is 0.566 e. The molecule has 0 spiro atoms. The summed E-state index contributed by atoms with van der Waals surface area (Å²) in [5.74, 6) is 0. The monoisotopic (exact) mass is 559 g/mol. The molecule has 0 aromatic rings. The molecule has 0 amide bonds. The van der Waals surface area contributed by atoms with Gasteiger partial charge in [-0.2, -0.15) is 0 Å². The second-order valence-electron chi connectivity index (χ2n) is 8.48. The van der Waals surface area contributed by atoms with Crippen molar-refractivity contribution in [3.05, 3.63) is 0 Å². The van der Waals surface area contributed by atoms with Gasteiger partial charge < -0.3 is 9.79 Å². The van der Waals surface area contributed by atoms with Crippen molar-refractivity contribution in [1.29, 1.82) is 0 Å². The summed E-state index contributed by atoms with van der Waals surface area (Å²) in [6.45, 7) is 5.18. The molecule has 0 aliphatic heterocycles. The minimum Gasteiger partial charge on any atom is -0.566 e. The molecule has 2 atom stereocenters. The molecule has 33 heavy (non-hydrogen) atoms. The van der Waals surface area contributed by atoms with E-state index in [1.165, 1.54) is 103 Å². The average Bonchev–Trinajstić information content (AvgIpc) is 2.76. The Bertz CT molecular complexity index is 367. The van der Waals surface area contributed by atoms with E-state index in [4.69, 9.17) is 0 Å². The molecule has 0 rings (SSSR count). The van der Waals surface area contributed by atoms with Crippen LogP contribution in [0.3, 0.4) is 0 Å². The maximum Gasteiger partial charge on any atom is 2.00 e. The van der Waals surface area contributed by atoms with Crippen LogP contribution in [0, 0.1) is 0 Å². The average molecular weight is 560 g/mol. The molecule has 201 valence electrons. The summed E-state index contributed by atoms with van der Waals surface area (Å²) >= 11 is 0. The van der Waals surface area contributed by atoms with E-state index < -0.39 is 16.5 Å². The van der Waals surface area contributed by atoms with Crippen LogP contribution in [0.25, 0.3) is 0 Å². The predicted octanol–water partition coefficient (Wildman–Crippen LogP) is 7.88. The van der Waals surface area contributed by atoms with Crippen molar-refractivity contribution in [2.24, 2.45) is 0 Å². The van der Waals surface area contributed by atoms with Gasteiger partial charge in [-0.25, -0.2) is 0 Å². The van der Waals surface area contributed by atoms with Gasteiger partial charge in [0.2, 0.25) is 0 Å².